The highest BCUT2D eigenvalue weighted by Gasteiger charge is 2.19. The molecule has 128 valence electrons. The molecule has 1 fully saturated rings. The molecule has 1 aromatic heterocycles. The molecule has 0 unspecified atom stereocenters. The molecular formula is C19H26N4O. The second kappa shape index (κ2) is 7.62. The van der Waals surface area contributed by atoms with Gasteiger partial charge in [0, 0.05) is 43.6 Å². The summed E-state index contributed by atoms with van der Waals surface area (Å²) in [7, 11) is 0. The van der Waals surface area contributed by atoms with Crippen LogP contribution in [0.5, 0.6) is 0 Å². The molecule has 2 atom stereocenters. The third-order valence-electron chi connectivity index (χ3n) is 4.89. The maximum atomic E-state index is 12.3. The minimum Gasteiger partial charge on any atom is -0.339 e. The average molecular weight is 326 g/mol. The van der Waals surface area contributed by atoms with Crippen molar-refractivity contribution < 1.29 is 4.79 Å². The Morgan fingerprint density at radius 1 is 1.21 bits per heavy atom. The summed E-state index contributed by atoms with van der Waals surface area (Å²) in [5, 5.41) is 7.83. The second-order valence-corrected chi connectivity index (χ2v) is 6.59. The number of amides is 1. The van der Waals surface area contributed by atoms with Crippen molar-refractivity contribution in [2.24, 2.45) is 0 Å². The van der Waals surface area contributed by atoms with Crippen LogP contribution in [0, 0.1) is 0 Å². The highest BCUT2D eigenvalue weighted by atomic mass is 16.2. The number of hydrogen-bond acceptors (Lipinski definition) is 3. The van der Waals surface area contributed by atoms with Crippen molar-refractivity contribution in [3.63, 3.8) is 0 Å². The van der Waals surface area contributed by atoms with Gasteiger partial charge < -0.3 is 10.2 Å². The topological polar surface area (TPSA) is 50.2 Å². The number of rotatable bonds is 6. The van der Waals surface area contributed by atoms with Crippen molar-refractivity contribution >= 4 is 5.91 Å². The molecule has 3 rings (SSSR count). The van der Waals surface area contributed by atoms with E-state index in [1.807, 2.05) is 46.1 Å². The lowest BCUT2D eigenvalue weighted by Crippen LogP contribution is -2.33. The van der Waals surface area contributed by atoms with Crippen molar-refractivity contribution in [1.82, 2.24) is 20.0 Å². The summed E-state index contributed by atoms with van der Waals surface area (Å²) < 4.78 is 1.97. The summed E-state index contributed by atoms with van der Waals surface area (Å²) in [6.45, 7) is 6.89. The molecule has 5 heteroatoms. The Balaban J connectivity index is 1.53. The first-order valence-corrected chi connectivity index (χ1v) is 8.76. The van der Waals surface area contributed by atoms with Gasteiger partial charge in [-0.2, -0.15) is 5.10 Å². The van der Waals surface area contributed by atoms with Gasteiger partial charge in [-0.05, 0) is 50.5 Å². The molecular weight excluding hydrogens is 300 g/mol. The van der Waals surface area contributed by atoms with Gasteiger partial charge in [0.25, 0.3) is 5.91 Å². The molecule has 24 heavy (non-hydrogen) atoms. The molecule has 1 N–H and O–H groups in total. The molecule has 0 spiro atoms. The van der Waals surface area contributed by atoms with Crippen molar-refractivity contribution in [2.45, 2.75) is 45.3 Å². The Hall–Kier alpha value is -2.14. The van der Waals surface area contributed by atoms with Gasteiger partial charge in [-0.1, -0.05) is 12.1 Å². The summed E-state index contributed by atoms with van der Waals surface area (Å²) in [5.74, 6) is 0.160. The number of carbonyl (C=O) groups excluding carboxylic acids is 1. The van der Waals surface area contributed by atoms with Crippen LogP contribution in [0.3, 0.4) is 0 Å². The Kier molecular flexibility index (Phi) is 5.30. The fraction of sp³-hybridized carbons (Fsp3) is 0.474. The molecule has 5 nitrogen and oxygen atoms in total. The third-order valence-corrected chi connectivity index (χ3v) is 4.89. The zero-order valence-corrected chi connectivity index (χ0v) is 14.5. The van der Waals surface area contributed by atoms with Gasteiger partial charge in [-0.15, -0.1) is 0 Å². The van der Waals surface area contributed by atoms with Gasteiger partial charge in [0.15, 0.2) is 0 Å². The van der Waals surface area contributed by atoms with E-state index in [1.165, 1.54) is 5.56 Å². The zero-order chi connectivity index (χ0) is 16.9. The standard InChI is InChI=1S/C19H26N4O/c1-15(16(2)23-13-5-10-21-23)20-14-17-6-8-18(9-7-17)19(24)22-11-3-4-12-22/h5-10,13,15-16,20H,3-4,11-12,14H2,1-2H3/t15-,16+/m1/s1. The zero-order valence-electron chi connectivity index (χ0n) is 14.5. The lowest BCUT2D eigenvalue weighted by Gasteiger charge is -2.22. The summed E-state index contributed by atoms with van der Waals surface area (Å²) in [4.78, 5) is 14.3. The number of hydrogen-bond donors (Lipinski definition) is 1. The predicted molar refractivity (Wildman–Crippen MR) is 94.8 cm³/mol. The van der Waals surface area contributed by atoms with Gasteiger partial charge in [0.1, 0.15) is 0 Å². The maximum Gasteiger partial charge on any atom is 0.253 e. The molecule has 1 amide bonds. The van der Waals surface area contributed by atoms with Crippen LogP contribution in [0.1, 0.15) is 48.7 Å². The van der Waals surface area contributed by atoms with E-state index < -0.39 is 0 Å². The Labute approximate surface area is 143 Å². The molecule has 0 bridgehead atoms. The van der Waals surface area contributed by atoms with Gasteiger partial charge in [0.2, 0.25) is 0 Å². The van der Waals surface area contributed by atoms with E-state index in [0.29, 0.717) is 6.04 Å². The van der Waals surface area contributed by atoms with Crippen LogP contribution in [0.25, 0.3) is 0 Å². The minimum atomic E-state index is 0.160. The largest absolute Gasteiger partial charge is 0.339 e. The van der Waals surface area contributed by atoms with Crippen molar-refractivity contribution in [3.8, 4) is 0 Å². The van der Waals surface area contributed by atoms with E-state index in [0.717, 1.165) is 38.0 Å². The first-order chi connectivity index (χ1) is 11.6. The number of benzene rings is 1. The molecule has 2 aromatic rings. The van der Waals surface area contributed by atoms with Crippen LogP contribution in [0.2, 0.25) is 0 Å². The normalized spacial score (nSPS) is 17.0. The number of aromatic nitrogens is 2. The molecule has 0 aliphatic carbocycles. The van der Waals surface area contributed by atoms with Crippen molar-refractivity contribution in [2.75, 3.05) is 13.1 Å². The van der Waals surface area contributed by atoms with Gasteiger partial charge >= 0.3 is 0 Å². The van der Waals surface area contributed by atoms with E-state index in [1.54, 1.807) is 6.20 Å². The Bertz CT molecular complexity index is 645. The fourth-order valence-electron chi connectivity index (χ4n) is 3.07. The fourth-order valence-corrected chi connectivity index (χ4v) is 3.07. The predicted octanol–water partition coefficient (Wildman–Crippen LogP) is 2.86. The van der Waals surface area contributed by atoms with Crippen molar-refractivity contribution in [3.05, 3.63) is 53.9 Å². The van der Waals surface area contributed by atoms with E-state index >= 15 is 0 Å². The number of likely N-dealkylation sites (tertiary alicyclic amines) is 1. The summed E-state index contributed by atoms with van der Waals surface area (Å²) in [5.41, 5.74) is 1.98. The number of nitrogens with zero attached hydrogens (tertiary/aromatic N) is 3. The maximum absolute atomic E-state index is 12.3. The van der Waals surface area contributed by atoms with E-state index in [9.17, 15) is 4.79 Å². The van der Waals surface area contributed by atoms with Gasteiger partial charge in [-0.25, -0.2) is 0 Å². The SMILES string of the molecule is C[C@@H](NCc1ccc(C(=O)N2CCCC2)cc1)[C@H](C)n1cccn1. The molecule has 2 heterocycles. The molecule has 0 radical (unpaired) electrons. The molecule has 1 aliphatic heterocycles. The first kappa shape index (κ1) is 16.7. The molecule has 1 saturated heterocycles. The summed E-state index contributed by atoms with van der Waals surface area (Å²) in [6, 6.07) is 10.5. The third kappa shape index (κ3) is 3.85. The number of carbonyl (C=O) groups is 1. The highest BCUT2D eigenvalue weighted by molar-refractivity contribution is 5.94. The lowest BCUT2D eigenvalue weighted by atomic mass is 10.1. The Morgan fingerprint density at radius 2 is 1.92 bits per heavy atom. The van der Waals surface area contributed by atoms with E-state index in [4.69, 9.17) is 0 Å². The monoisotopic (exact) mass is 326 g/mol. The minimum absolute atomic E-state index is 0.160. The van der Waals surface area contributed by atoms with Crippen LogP contribution in [0.4, 0.5) is 0 Å². The Morgan fingerprint density at radius 3 is 2.54 bits per heavy atom. The van der Waals surface area contributed by atoms with Crippen LogP contribution in [-0.2, 0) is 6.54 Å². The smallest absolute Gasteiger partial charge is 0.253 e. The van der Waals surface area contributed by atoms with Gasteiger partial charge in [0.05, 0.1) is 6.04 Å². The summed E-state index contributed by atoms with van der Waals surface area (Å²) >= 11 is 0. The van der Waals surface area contributed by atoms with Crippen molar-refractivity contribution in [1.29, 1.82) is 0 Å². The van der Waals surface area contributed by atoms with E-state index in [-0.39, 0.29) is 11.9 Å². The van der Waals surface area contributed by atoms with E-state index in [2.05, 4.69) is 24.3 Å². The molecule has 1 aliphatic rings. The molecule has 1 aromatic carbocycles. The van der Waals surface area contributed by atoms with Gasteiger partial charge in [-0.3, -0.25) is 9.48 Å². The van der Waals surface area contributed by atoms with Crippen LogP contribution in [0.15, 0.2) is 42.7 Å². The first-order valence-electron chi connectivity index (χ1n) is 8.76. The van der Waals surface area contributed by atoms with Crippen LogP contribution in [-0.4, -0.2) is 39.7 Å². The lowest BCUT2D eigenvalue weighted by molar-refractivity contribution is 0.0793. The molecule has 0 saturated carbocycles. The quantitative estimate of drug-likeness (QED) is 0.888. The average Bonchev–Trinajstić information content (AvgIpc) is 3.32. The van der Waals surface area contributed by atoms with Crippen LogP contribution < -0.4 is 5.32 Å². The number of nitrogens with one attached hydrogen (secondary N) is 1. The van der Waals surface area contributed by atoms with Crippen LogP contribution >= 0.6 is 0 Å². The second-order valence-electron chi connectivity index (χ2n) is 6.59. The summed E-state index contributed by atoms with van der Waals surface area (Å²) in [6.07, 6.45) is 6.04. The highest BCUT2D eigenvalue weighted by Crippen LogP contribution is 2.14.